The Balaban J connectivity index is 2.74. The summed E-state index contributed by atoms with van der Waals surface area (Å²) in [6, 6.07) is 8.84. The molecule has 0 aromatic heterocycles. The summed E-state index contributed by atoms with van der Waals surface area (Å²) in [6.45, 7) is 8.56. The lowest BCUT2D eigenvalue weighted by Crippen LogP contribution is -2.33. The van der Waals surface area contributed by atoms with Gasteiger partial charge in [-0.25, -0.2) is 0 Å². The number of hydrogen-bond donors (Lipinski definition) is 1. The van der Waals surface area contributed by atoms with Crippen LogP contribution in [0.4, 0.5) is 0 Å². The van der Waals surface area contributed by atoms with Crippen molar-refractivity contribution in [3.8, 4) is 5.75 Å². The molecule has 0 saturated heterocycles. The minimum absolute atomic E-state index is 0.514. The first-order valence-corrected chi connectivity index (χ1v) is 7.92. The molecule has 0 aliphatic heterocycles. The van der Waals surface area contributed by atoms with Gasteiger partial charge in [-0.2, -0.15) is 0 Å². The Kier molecular flexibility index (Phi) is 8.40. The Hall–Kier alpha value is -1.06. The van der Waals surface area contributed by atoms with Crippen LogP contribution in [0.25, 0.3) is 0 Å². The first-order valence-electron chi connectivity index (χ1n) is 7.92. The topological polar surface area (TPSA) is 30.5 Å². The molecule has 1 aromatic carbocycles. The van der Waals surface area contributed by atoms with Gasteiger partial charge < -0.3 is 14.8 Å². The lowest BCUT2D eigenvalue weighted by atomic mass is 9.85. The van der Waals surface area contributed by atoms with E-state index in [1.165, 1.54) is 5.56 Å². The van der Waals surface area contributed by atoms with E-state index in [1.807, 2.05) is 12.1 Å². The van der Waals surface area contributed by atoms with Gasteiger partial charge in [-0.3, -0.25) is 0 Å². The first kappa shape index (κ1) is 18.0. The predicted octanol–water partition coefficient (Wildman–Crippen LogP) is 3.52. The fourth-order valence-corrected chi connectivity index (χ4v) is 2.56. The van der Waals surface area contributed by atoms with Crippen molar-refractivity contribution >= 4 is 0 Å². The molecule has 0 spiro atoms. The third kappa shape index (κ3) is 6.49. The van der Waals surface area contributed by atoms with Gasteiger partial charge in [0.1, 0.15) is 5.75 Å². The van der Waals surface area contributed by atoms with Crippen molar-refractivity contribution in [1.29, 1.82) is 0 Å². The van der Waals surface area contributed by atoms with E-state index in [0.717, 1.165) is 31.7 Å². The molecule has 0 saturated carbocycles. The molecule has 1 aromatic rings. The molecule has 3 nitrogen and oxygen atoms in total. The third-order valence-electron chi connectivity index (χ3n) is 4.04. The van der Waals surface area contributed by atoms with Gasteiger partial charge in [0.15, 0.2) is 0 Å². The van der Waals surface area contributed by atoms with Crippen LogP contribution in [0.1, 0.15) is 32.8 Å². The summed E-state index contributed by atoms with van der Waals surface area (Å²) in [6.07, 6.45) is 2.13. The Morgan fingerprint density at radius 3 is 2.43 bits per heavy atom. The molecule has 0 amide bonds. The van der Waals surface area contributed by atoms with Crippen LogP contribution >= 0.6 is 0 Å². The molecular weight excluding hydrogens is 262 g/mol. The Morgan fingerprint density at radius 2 is 1.81 bits per heavy atom. The molecule has 2 unspecified atom stereocenters. The monoisotopic (exact) mass is 293 g/mol. The van der Waals surface area contributed by atoms with Gasteiger partial charge in [0.05, 0.1) is 7.11 Å². The smallest absolute Gasteiger partial charge is 0.122 e. The van der Waals surface area contributed by atoms with Crippen molar-refractivity contribution in [2.45, 2.75) is 39.7 Å². The maximum Gasteiger partial charge on any atom is 0.122 e. The largest absolute Gasteiger partial charge is 0.496 e. The minimum atomic E-state index is 0.514. The molecule has 0 radical (unpaired) electrons. The first-order chi connectivity index (χ1) is 10.1. The molecule has 21 heavy (non-hydrogen) atoms. The summed E-state index contributed by atoms with van der Waals surface area (Å²) in [7, 11) is 3.52. The van der Waals surface area contributed by atoms with Gasteiger partial charge in [0.2, 0.25) is 0 Å². The molecule has 2 atom stereocenters. The van der Waals surface area contributed by atoms with Gasteiger partial charge in [0.25, 0.3) is 0 Å². The van der Waals surface area contributed by atoms with E-state index in [2.05, 4.69) is 38.2 Å². The molecule has 3 heteroatoms. The minimum Gasteiger partial charge on any atom is -0.496 e. The van der Waals surface area contributed by atoms with Crippen LogP contribution in [0, 0.1) is 11.8 Å². The van der Waals surface area contributed by atoms with E-state index in [1.54, 1.807) is 14.2 Å². The number of rotatable bonds is 10. The van der Waals surface area contributed by atoms with E-state index < -0.39 is 0 Å². The lowest BCUT2D eigenvalue weighted by molar-refractivity contribution is 0.163. The zero-order valence-corrected chi connectivity index (χ0v) is 14.2. The number of methoxy groups -OCH3 is 2. The maximum absolute atomic E-state index is 5.49. The summed E-state index contributed by atoms with van der Waals surface area (Å²) < 4.78 is 10.7. The number of hydrogen-bond acceptors (Lipinski definition) is 3. The van der Waals surface area contributed by atoms with Crippen molar-refractivity contribution in [1.82, 2.24) is 5.32 Å². The van der Waals surface area contributed by atoms with Gasteiger partial charge >= 0.3 is 0 Å². The number of nitrogens with one attached hydrogen (secondary N) is 1. The van der Waals surface area contributed by atoms with Crippen molar-refractivity contribution in [3.63, 3.8) is 0 Å². The molecule has 1 rings (SSSR count). The highest BCUT2D eigenvalue weighted by molar-refractivity contribution is 5.33. The van der Waals surface area contributed by atoms with Crippen molar-refractivity contribution < 1.29 is 9.47 Å². The summed E-state index contributed by atoms with van der Waals surface area (Å²) >= 11 is 0. The van der Waals surface area contributed by atoms with Crippen molar-refractivity contribution in [2.24, 2.45) is 11.8 Å². The number of benzene rings is 1. The van der Waals surface area contributed by atoms with Crippen LogP contribution < -0.4 is 10.1 Å². The van der Waals surface area contributed by atoms with Crippen LogP contribution in [0.2, 0.25) is 0 Å². The highest BCUT2D eigenvalue weighted by atomic mass is 16.5. The van der Waals surface area contributed by atoms with Gasteiger partial charge in [-0.1, -0.05) is 39.0 Å². The number of para-hydroxylation sites is 1. The van der Waals surface area contributed by atoms with E-state index in [0.29, 0.717) is 17.9 Å². The van der Waals surface area contributed by atoms with E-state index in [-0.39, 0.29) is 0 Å². The lowest BCUT2D eigenvalue weighted by Gasteiger charge is -2.26. The van der Waals surface area contributed by atoms with Crippen molar-refractivity contribution in [3.05, 3.63) is 29.8 Å². The van der Waals surface area contributed by atoms with E-state index >= 15 is 0 Å². The van der Waals surface area contributed by atoms with E-state index in [9.17, 15) is 0 Å². The van der Waals surface area contributed by atoms with Crippen LogP contribution in [-0.2, 0) is 11.2 Å². The summed E-state index contributed by atoms with van der Waals surface area (Å²) in [5, 5.41) is 3.58. The second kappa shape index (κ2) is 9.80. The van der Waals surface area contributed by atoms with Gasteiger partial charge in [-0.15, -0.1) is 0 Å². The zero-order chi connectivity index (χ0) is 15.7. The highest BCUT2D eigenvalue weighted by Gasteiger charge is 2.19. The summed E-state index contributed by atoms with van der Waals surface area (Å²) in [4.78, 5) is 0. The quantitative estimate of drug-likeness (QED) is 0.716. The third-order valence-corrected chi connectivity index (χ3v) is 4.04. The normalized spacial score (nSPS) is 14.2. The van der Waals surface area contributed by atoms with Crippen molar-refractivity contribution in [2.75, 3.05) is 27.4 Å². The predicted molar refractivity (Wildman–Crippen MR) is 89.0 cm³/mol. The summed E-state index contributed by atoms with van der Waals surface area (Å²) in [5.74, 6) is 2.19. The standard InChI is InChI=1S/C18H31NO2/c1-14(2)19-13-17(15(3)10-11-20-4)12-16-8-6-7-9-18(16)21-5/h6-9,14-15,17,19H,10-13H2,1-5H3. The molecule has 120 valence electrons. The van der Waals surface area contributed by atoms with Crippen LogP contribution in [0.3, 0.4) is 0 Å². The fraction of sp³-hybridized carbons (Fsp3) is 0.667. The Labute approximate surface area is 130 Å². The molecule has 0 heterocycles. The van der Waals surface area contributed by atoms with Crippen LogP contribution in [0.15, 0.2) is 24.3 Å². The molecule has 0 aliphatic rings. The maximum atomic E-state index is 5.49. The van der Waals surface area contributed by atoms with E-state index in [4.69, 9.17) is 9.47 Å². The zero-order valence-electron chi connectivity index (χ0n) is 14.2. The summed E-state index contributed by atoms with van der Waals surface area (Å²) in [5.41, 5.74) is 1.29. The van der Waals surface area contributed by atoms with Crippen LogP contribution in [0.5, 0.6) is 5.75 Å². The van der Waals surface area contributed by atoms with Gasteiger partial charge in [0, 0.05) is 19.8 Å². The Morgan fingerprint density at radius 1 is 1.10 bits per heavy atom. The van der Waals surface area contributed by atoms with Gasteiger partial charge in [-0.05, 0) is 42.9 Å². The number of ether oxygens (including phenoxy) is 2. The molecule has 0 fully saturated rings. The molecule has 0 aliphatic carbocycles. The molecule has 0 bridgehead atoms. The molecular formula is C18H31NO2. The Bertz CT molecular complexity index is 393. The SMILES string of the molecule is COCCC(C)C(CNC(C)C)Cc1ccccc1OC. The second-order valence-corrected chi connectivity index (χ2v) is 6.10. The average Bonchev–Trinajstić information content (AvgIpc) is 2.49. The fourth-order valence-electron chi connectivity index (χ4n) is 2.56. The second-order valence-electron chi connectivity index (χ2n) is 6.10. The molecule has 1 N–H and O–H groups in total. The highest BCUT2D eigenvalue weighted by Crippen LogP contribution is 2.26. The van der Waals surface area contributed by atoms with Crippen LogP contribution in [-0.4, -0.2) is 33.4 Å². The average molecular weight is 293 g/mol.